The van der Waals surface area contributed by atoms with Crippen LogP contribution in [0.4, 0.5) is 0 Å². The summed E-state index contributed by atoms with van der Waals surface area (Å²) in [4.78, 5) is 14.2. The second kappa shape index (κ2) is 7.59. The lowest BCUT2D eigenvalue weighted by molar-refractivity contribution is -0.143. The molecule has 0 aromatic rings. The first-order chi connectivity index (χ1) is 9.04. The fraction of sp³-hybridized carbons (Fsp3) is 0.929. The molecule has 3 unspecified atom stereocenters. The Morgan fingerprint density at radius 3 is 2.90 bits per heavy atom. The molecule has 2 N–H and O–H groups in total. The van der Waals surface area contributed by atoms with E-state index < -0.39 is 0 Å². The van der Waals surface area contributed by atoms with Gasteiger partial charge in [-0.15, -0.1) is 12.4 Å². The molecule has 118 valence electrons. The Morgan fingerprint density at radius 1 is 1.60 bits per heavy atom. The number of nitrogens with zero attached hydrogens (tertiary/aromatic N) is 1. The summed E-state index contributed by atoms with van der Waals surface area (Å²) in [6.45, 7) is 7.47. The van der Waals surface area contributed by atoms with Gasteiger partial charge in [0.1, 0.15) is 6.10 Å². The molecule has 0 radical (unpaired) electrons. The Labute approximate surface area is 127 Å². The molecular weight excluding hydrogens is 280 g/mol. The number of hydrogen-bond donors (Lipinski definition) is 1. The van der Waals surface area contributed by atoms with Crippen LogP contribution in [0.3, 0.4) is 0 Å². The summed E-state index contributed by atoms with van der Waals surface area (Å²) in [5.41, 5.74) is 5.84. The van der Waals surface area contributed by atoms with Crippen LogP contribution in [0, 0.1) is 5.41 Å². The number of amides is 1. The molecule has 2 aliphatic heterocycles. The average Bonchev–Trinajstić information content (AvgIpc) is 3.05. The van der Waals surface area contributed by atoms with Crippen molar-refractivity contribution in [3.63, 3.8) is 0 Å². The van der Waals surface area contributed by atoms with Crippen LogP contribution in [0.5, 0.6) is 0 Å². The van der Waals surface area contributed by atoms with Crippen molar-refractivity contribution in [1.29, 1.82) is 0 Å². The number of halogens is 1. The standard InChI is InChI=1S/C14H26N2O3.ClH/c1-11(19-8-12-4-3-7-18-12)13(17)16-6-5-14(2,9-15)10-16;/h11-12H,3-10,15H2,1-2H3;1H. The van der Waals surface area contributed by atoms with Crippen LogP contribution in [-0.4, -0.2) is 55.9 Å². The molecule has 0 aromatic heterocycles. The summed E-state index contributed by atoms with van der Waals surface area (Å²) < 4.78 is 11.1. The highest BCUT2D eigenvalue weighted by atomic mass is 35.5. The van der Waals surface area contributed by atoms with Gasteiger partial charge in [0.2, 0.25) is 0 Å². The average molecular weight is 307 g/mol. The minimum Gasteiger partial charge on any atom is -0.376 e. The Morgan fingerprint density at radius 2 is 2.35 bits per heavy atom. The lowest BCUT2D eigenvalue weighted by atomic mass is 9.90. The highest BCUT2D eigenvalue weighted by Crippen LogP contribution is 2.29. The number of ether oxygens (including phenoxy) is 2. The summed E-state index contributed by atoms with van der Waals surface area (Å²) in [7, 11) is 0. The molecule has 5 nitrogen and oxygen atoms in total. The van der Waals surface area contributed by atoms with Gasteiger partial charge in [-0.25, -0.2) is 0 Å². The van der Waals surface area contributed by atoms with E-state index in [4.69, 9.17) is 15.2 Å². The minimum absolute atomic E-state index is 0. The van der Waals surface area contributed by atoms with Gasteiger partial charge in [0.05, 0.1) is 12.7 Å². The molecule has 2 saturated heterocycles. The molecule has 1 amide bonds. The van der Waals surface area contributed by atoms with Crippen molar-refractivity contribution >= 4 is 18.3 Å². The number of carbonyl (C=O) groups is 1. The zero-order valence-electron chi connectivity index (χ0n) is 12.5. The lowest BCUT2D eigenvalue weighted by Gasteiger charge is -2.25. The van der Waals surface area contributed by atoms with E-state index >= 15 is 0 Å². The van der Waals surface area contributed by atoms with E-state index in [2.05, 4.69) is 6.92 Å². The highest BCUT2D eigenvalue weighted by Gasteiger charge is 2.36. The molecular formula is C14H27ClN2O3. The molecule has 0 bridgehead atoms. The van der Waals surface area contributed by atoms with Crippen LogP contribution >= 0.6 is 12.4 Å². The van der Waals surface area contributed by atoms with E-state index in [9.17, 15) is 4.79 Å². The Balaban J connectivity index is 0.00000200. The Kier molecular flexibility index (Phi) is 6.72. The van der Waals surface area contributed by atoms with Crippen molar-refractivity contribution in [2.24, 2.45) is 11.1 Å². The summed E-state index contributed by atoms with van der Waals surface area (Å²) in [6, 6.07) is 0. The predicted molar refractivity (Wildman–Crippen MR) is 80.0 cm³/mol. The minimum atomic E-state index is -0.385. The van der Waals surface area contributed by atoms with Gasteiger partial charge >= 0.3 is 0 Å². The lowest BCUT2D eigenvalue weighted by Crippen LogP contribution is -2.40. The van der Waals surface area contributed by atoms with Gasteiger partial charge in [0, 0.05) is 19.7 Å². The first-order valence-electron chi connectivity index (χ1n) is 7.26. The zero-order valence-corrected chi connectivity index (χ0v) is 13.3. The van der Waals surface area contributed by atoms with Crippen molar-refractivity contribution < 1.29 is 14.3 Å². The van der Waals surface area contributed by atoms with Crippen LogP contribution in [-0.2, 0) is 14.3 Å². The van der Waals surface area contributed by atoms with Crippen molar-refractivity contribution in [2.45, 2.75) is 45.3 Å². The maximum Gasteiger partial charge on any atom is 0.251 e. The third-order valence-electron chi connectivity index (χ3n) is 4.27. The van der Waals surface area contributed by atoms with Gasteiger partial charge in [-0.3, -0.25) is 4.79 Å². The van der Waals surface area contributed by atoms with Crippen molar-refractivity contribution in [1.82, 2.24) is 4.90 Å². The fourth-order valence-corrected chi connectivity index (χ4v) is 2.73. The monoisotopic (exact) mass is 306 g/mol. The molecule has 0 saturated carbocycles. The molecule has 20 heavy (non-hydrogen) atoms. The quantitative estimate of drug-likeness (QED) is 0.828. The fourth-order valence-electron chi connectivity index (χ4n) is 2.73. The van der Waals surface area contributed by atoms with E-state index in [0.717, 1.165) is 39.0 Å². The third-order valence-corrected chi connectivity index (χ3v) is 4.27. The van der Waals surface area contributed by atoms with Crippen LogP contribution in [0.15, 0.2) is 0 Å². The number of likely N-dealkylation sites (tertiary alicyclic amines) is 1. The van der Waals surface area contributed by atoms with Crippen molar-refractivity contribution in [2.75, 3.05) is 32.8 Å². The second-order valence-corrected chi connectivity index (χ2v) is 6.14. The Bertz CT molecular complexity index is 324. The SMILES string of the molecule is CC(OCC1CCCO1)C(=O)N1CCC(C)(CN)C1.Cl. The van der Waals surface area contributed by atoms with Crippen LogP contribution in [0.2, 0.25) is 0 Å². The van der Waals surface area contributed by atoms with Gasteiger partial charge in [0.15, 0.2) is 0 Å². The number of hydrogen-bond acceptors (Lipinski definition) is 4. The van der Waals surface area contributed by atoms with Gasteiger partial charge < -0.3 is 20.1 Å². The van der Waals surface area contributed by atoms with Crippen molar-refractivity contribution in [3.8, 4) is 0 Å². The molecule has 6 heteroatoms. The van der Waals surface area contributed by atoms with E-state index in [0.29, 0.717) is 13.2 Å². The number of nitrogens with two attached hydrogens (primary N) is 1. The zero-order chi connectivity index (χ0) is 13.9. The van der Waals surface area contributed by atoms with Crippen molar-refractivity contribution in [3.05, 3.63) is 0 Å². The molecule has 2 fully saturated rings. The summed E-state index contributed by atoms with van der Waals surface area (Å²) in [5.74, 6) is 0.0789. The van der Waals surface area contributed by atoms with Crippen LogP contribution in [0.25, 0.3) is 0 Å². The molecule has 3 atom stereocenters. The smallest absolute Gasteiger partial charge is 0.251 e. The van der Waals surface area contributed by atoms with E-state index in [1.54, 1.807) is 0 Å². The first-order valence-corrected chi connectivity index (χ1v) is 7.26. The topological polar surface area (TPSA) is 64.8 Å². The molecule has 0 spiro atoms. The molecule has 2 heterocycles. The highest BCUT2D eigenvalue weighted by molar-refractivity contribution is 5.85. The number of carbonyl (C=O) groups excluding carboxylic acids is 1. The largest absolute Gasteiger partial charge is 0.376 e. The Hall–Kier alpha value is -0.360. The van der Waals surface area contributed by atoms with Gasteiger partial charge in [-0.1, -0.05) is 6.92 Å². The second-order valence-electron chi connectivity index (χ2n) is 6.14. The summed E-state index contributed by atoms with van der Waals surface area (Å²) >= 11 is 0. The molecule has 0 aromatic carbocycles. The van der Waals surface area contributed by atoms with Gasteiger partial charge in [0.25, 0.3) is 5.91 Å². The van der Waals surface area contributed by atoms with E-state index in [-0.39, 0.29) is 35.9 Å². The molecule has 2 aliphatic rings. The van der Waals surface area contributed by atoms with E-state index in [1.165, 1.54) is 0 Å². The summed E-state index contributed by atoms with van der Waals surface area (Å²) in [5, 5.41) is 0. The van der Waals surface area contributed by atoms with E-state index in [1.807, 2.05) is 11.8 Å². The predicted octanol–water partition coefficient (Wildman–Crippen LogP) is 1.19. The van der Waals surface area contributed by atoms with Crippen LogP contribution < -0.4 is 5.73 Å². The summed E-state index contributed by atoms with van der Waals surface area (Å²) in [6.07, 6.45) is 2.90. The first kappa shape index (κ1) is 17.7. The molecule has 0 aliphatic carbocycles. The normalized spacial score (nSPS) is 31.1. The maximum absolute atomic E-state index is 12.3. The van der Waals surface area contributed by atoms with Gasteiger partial charge in [-0.2, -0.15) is 0 Å². The van der Waals surface area contributed by atoms with Crippen LogP contribution in [0.1, 0.15) is 33.1 Å². The maximum atomic E-state index is 12.3. The third kappa shape index (κ3) is 4.32. The van der Waals surface area contributed by atoms with Gasteiger partial charge in [-0.05, 0) is 38.1 Å². The number of rotatable bonds is 5. The molecule has 2 rings (SSSR count).